The summed E-state index contributed by atoms with van der Waals surface area (Å²) in [6, 6.07) is 0. The van der Waals surface area contributed by atoms with Crippen LogP contribution in [0, 0.1) is 11.8 Å². The maximum atomic E-state index is 11.8. The molecule has 0 aromatic carbocycles. The lowest BCUT2D eigenvalue weighted by Crippen LogP contribution is -2.10. The van der Waals surface area contributed by atoms with Crippen LogP contribution in [0.3, 0.4) is 0 Å². The topological polar surface area (TPSA) is 17.1 Å². The van der Waals surface area contributed by atoms with Crippen molar-refractivity contribution < 1.29 is 4.79 Å². The van der Waals surface area contributed by atoms with Crippen LogP contribution < -0.4 is 0 Å². The molecule has 1 unspecified atom stereocenters. The highest BCUT2D eigenvalue weighted by molar-refractivity contribution is 5.80. The number of rotatable bonds is 16. The van der Waals surface area contributed by atoms with E-state index in [2.05, 4.69) is 27.7 Å². The maximum absolute atomic E-state index is 11.8. The second-order valence-electron chi connectivity index (χ2n) is 7.62. The van der Waals surface area contributed by atoms with E-state index in [9.17, 15) is 4.79 Å². The van der Waals surface area contributed by atoms with E-state index < -0.39 is 0 Å². The van der Waals surface area contributed by atoms with Crippen molar-refractivity contribution in [3.05, 3.63) is 0 Å². The standard InChI is InChI=1S/C21H42O/c1-5-6-18-21(22)20(4)17-15-13-11-9-7-8-10-12-14-16-19(2)3/h19-20H,5-18H2,1-4H3. The lowest BCUT2D eigenvalue weighted by molar-refractivity contribution is -0.122. The van der Waals surface area contributed by atoms with Crippen molar-refractivity contribution in [2.75, 3.05) is 0 Å². The predicted octanol–water partition coefficient (Wildman–Crippen LogP) is 7.33. The van der Waals surface area contributed by atoms with Crippen LogP contribution in [-0.4, -0.2) is 5.78 Å². The Morgan fingerprint density at radius 1 is 0.682 bits per heavy atom. The van der Waals surface area contributed by atoms with Crippen LogP contribution in [0.5, 0.6) is 0 Å². The van der Waals surface area contributed by atoms with Crippen LogP contribution in [0.1, 0.15) is 118 Å². The average molecular weight is 311 g/mol. The number of ketones is 1. The Kier molecular flexibility index (Phi) is 15.3. The first-order valence-electron chi connectivity index (χ1n) is 10.1. The molecule has 0 aliphatic rings. The summed E-state index contributed by atoms with van der Waals surface area (Å²) in [6.07, 6.45) is 17.9. The first-order chi connectivity index (χ1) is 10.6. The molecule has 22 heavy (non-hydrogen) atoms. The zero-order valence-corrected chi connectivity index (χ0v) is 16.0. The molecule has 0 aliphatic heterocycles. The van der Waals surface area contributed by atoms with Crippen LogP contribution in [-0.2, 0) is 4.79 Å². The largest absolute Gasteiger partial charge is 0.299 e. The predicted molar refractivity (Wildman–Crippen MR) is 99.3 cm³/mol. The van der Waals surface area contributed by atoms with E-state index in [1.165, 1.54) is 64.2 Å². The molecule has 0 heterocycles. The number of carbonyl (C=O) groups is 1. The van der Waals surface area contributed by atoms with E-state index in [4.69, 9.17) is 0 Å². The lowest BCUT2D eigenvalue weighted by Gasteiger charge is -2.09. The summed E-state index contributed by atoms with van der Waals surface area (Å²) in [7, 11) is 0. The van der Waals surface area contributed by atoms with Crippen molar-refractivity contribution in [2.24, 2.45) is 11.8 Å². The Morgan fingerprint density at radius 3 is 1.59 bits per heavy atom. The smallest absolute Gasteiger partial charge is 0.135 e. The summed E-state index contributed by atoms with van der Waals surface area (Å²) < 4.78 is 0. The summed E-state index contributed by atoms with van der Waals surface area (Å²) in [5.74, 6) is 1.66. The third kappa shape index (κ3) is 14.6. The second-order valence-corrected chi connectivity index (χ2v) is 7.62. The Hall–Kier alpha value is -0.330. The molecule has 0 bridgehead atoms. The van der Waals surface area contributed by atoms with Gasteiger partial charge in [-0.15, -0.1) is 0 Å². The summed E-state index contributed by atoms with van der Waals surface area (Å²) >= 11 is 0. The molecule has 1 heteroatoms. The minimum Gasteiger partial charge on any atom is -0.299 e. The number of hydrogen-bond donors (Lipinski definition) is 0. The van der Waals surface area contributed by atoms with Gasteiger partial charge in [-0.3, -0.25) is 4.79 Å². The molecule has 0 spiro atoms. The van der Waals surface area contributed by atoms with Crippen LogP contribution in [0.25, 0.3) is 0 Å². The zero-order chi connectivity index (χ0) is 16.6. The van der Waals surface area contributed by atoms with Crippen molar-refractivity contribution in [1.29, 1.82) is 0 Å². The third-order valence-electron chi connectivity index (χ3n) is 4.74. The highest BCUT2D eigenvalue weighted by atomic mass is 16.1. The fourth-order valence-electron chi connectivity index (χ4n) is 3.00. The summed E-state index contributed by atoms with van der Waals surface area (Å²) in [6.45, 7) is 8.91. The lowest BCUT2D eigenvalue weighted by atomic mass is 9.95. The van der Waals surface area contributed by atoms with Crippen LogP contribution in [0.15, 0.2) is 0 Å². The molecule has 0 amide bonds. The first kappa shape index (κ1) is 21.7. The molecule has 0 aliphatic carbocycles. The van der Waals surface area contributed by atoms with Gasteiger partial charge >= 0.3 is 0 Å². The Bertz CT molecular complexity index is 244. The van der Waals surface area contributed by atoms with Gasteiger partial charge in [0, 0.05) is 12.3 Å². The summed E-state index contributed by atoms with van der Waals surface area (Å²) in [5.41, 5.74) is 0. The van der Waals surface area contributed by atoms with Crippen LogP contribution in [0.2, 0.25) is 0 Å². The highest BCUT2D eigenvalue weighted by Crippen LogP contribution is 2.16. The molecule has 1 atom stereocenters. The van der Waals surface area contributed by atoms with Crippen molar-refractivity contribution >= 4 is 5.78 Å². The van der Waals surface area contributed by atoms with E-state index >= 15 is 0 Å². The molecule has 0 aromatic rings. The van der Waals surface area contributed by atoms with Crippen molar-refractivity contribution in [3.63, 3.8) is 0 Å². The number of carbonyl (C=O) groups excluding carboxylic acids is 1. The Labute approximate surface area is 140 Å². The highest BCUT2D eigenvalue weighted by Gasteiger charge is 2.11. The maximum Gasteiger partial charge on any atom is 0.135 e. The van der Waals surface area contributed by atoms with E-state index in [0.717, 1.165) is 31.6 Å². The van der Waals surface area contributed by atoms with Crippen molar-refractivity contribution in [2.45, 2.75) is 118 Å². The quantitative estimate of drug-likeness (QED) is 0.273. The van der Waals surface area contributed by atoms with Gasteiger partial charge in [0.15, 0.2) is 0 Å². The van der Waals surface area contributed by atoms with Gasteiger partial charge in [-0.2, -0.15) is 0 Å². The number of Topliss-reactive ketones (excluding diaryl/α,β-unsaturated/α-hetero) is 1. The molecule has 0 saturated heterocycles. The second kappa shape index (κ2) is 15.6. The Balaban J connectivity index is 3.24. The van der Waals surface area contributed by atoms with Gasteiger partial charge < -0.3 is 0 Å². The van der Waals surface area contributed by atoms with Gasteiger partial charge in [0.2, 0.25) is 0 Å². The molecule has 0 fully saturated rings. The van der Waals surface area contributed by atoms with E-state index in [1.54, 1.807) is 0 Å². The molecule has 0 saturated carbocycles. The first-order valence-corrected chi connectivity index (χ1v) is 10.1. The van der Waals surface area contributed by atoms with E-state index in [0.29, 0.717) is 11.7 Å². The van der Waals surface area contributed by atoms with Crippen molar-refractivity contribution in [3.8, 4) is 0 Å². The fraction of sp³-hybridized carbons (Fsp3) is 0.952. The third-order valence-corrected chi connectivity index (χ3v) is 4.74. The SMILES string of the molecule is CCCCC(=O)C(C)CCCCCCCCCCCC(C)C. The van der Waals surface area contributed by atoms with Gasteiger partial charge in [0.25, 0.3) is 0 Å². The Morgan fingerprint density at radius 2 is 1.14 bits per heavy atom. The molecular weight excluding hydrogens is 268 g/mol. The number of unbranched alkanes of at least 4 members (excludes halogenated alkanes) is 9. The van der Waals surface area contributed by atoms with E-state index in [1.807, 2.05) is 0 Å². The van der Waals surface area contributed by atoms with Gasteiger partial charge in [-0.25, -0.2) is 0 Å². The van der Waals surface area contributed by atoms with Gasteiger partial charge in [0.05, 0.1) is 0 Å². The molecule has 0 aromatic heterocycles. The molecule has 1 nitrogen and oxygen atoms in total. The molecule has 0 N–H and O–H groups in total. The number of hydrogen-bond acceptors (Lipinski definition) is 1. The normalized spacial score (nSPS) is 12.8. The van der Waals surface area contributed by atoms with E-state index in [-0.39, 0.29) is 0 Å². The minimum atomic E-state index is 0.299. The fourth-order valence-corrected chi connectivity index (χ4v) is 3.00. The van der Waals surface area contributed by atoms with Gasteiger partial charge in [-0.1, -0.05) is 98.3 Å². The minimum absolute atomic E-state index is 0.299. The van der Waals surface area contributed by atoms with Crippen LogP contribution in [0.4, 0.5) is 0 Å². The van der Waals surface area contributed by atoms with Crippen LogP contribution >= 0.6 is 0 Å². The molecule has 0 radical (unpaired) electrons. The summed E-state index contributed by atoms with van der Waals surface area (Å²) in [4.78, 5) is 11.8. The van der Waals surface area contributed by atoms with Crippen molar-refractivity contribution in [1.82, 2.24) is 0 Å². The van der Waals surface area contributed by atoms with Gasteiger partial charge in [-0.05, 0) is 18.8 Å². The zero-order valence-electron chi connectivity index (χ0n) is 16.0. The summed E-state index contributed by atoms with van der Waals surface area (Å²) in [5, 5.41) is 0. The monoisotopic (exact) mass is 310 g/mol. The molecule has 132 valence electrons. The molecule has 0 rings (SSSR count). The van der Waals surface area contributed by atoms with Gasteiger partial charge in [0.1, 0.15) is 5.78 Å². The molecular formula is C21H42O. The average Bonchev–Trinajstić information content (AvgIpc) is 2.49.